The SMILES string of the molecule is CCOc1ccc(-c2nnc(SCc3csc(N(C(C)=O)c4ccccc4F)n3)n2N)cc1. The van der Waals surface area contributed by atoms with Gasteiger partial charge in [-0.1, -0.05) is 23.9 Å². The lowest BCUT2D eigenvalue weighted by atomic mass is 10.2. The van der Waals surface area contributed by atoms with Gasteiger partial charge in [-0.25, -0.2) is 14.1 Å². The van der Waals surface area contributed by atoms with Crippen LogP contribution in [0.5, 0.6) is 5.75 Å². The number of aromatic nitrogens is 4. The van der Waals surface area contributed by atoms with Crippen molar-refractivity contribution >= 4 is 39.8 Å². The van der Waals surface area contributed by atoms with E-state index < -0.39 is 5.82 Å². The van der Waals surface area contributed by atoms with Gasteiger partial charge < -0.3 is 10.6 Å². The minimum atomic E-state index is -0.489. The van der Waals surface area contributed by atoms with Crippen LogP contribution in [-0.4, -0.2) is 32.4 Å². The second kappa shape index (κ2) is 10.0. The molecule has 0 saturated carbocycles. The number of amides is 1. The summed E-state index contributed by atoms with van der Waals surface area (Å²) < 4.78 is 21.1. The topological polar surface area (TPSA) is 99.2 Å². The van der Waals surface area contributed by atoms with Gasteiger partial charge in [0.1, 0.15) is 11.6 Å². The molecule has 2 N–H and O–H groups in total. The zero-order valence-corrected chi connectivity index (χ0v) is 19.6. The van der Waals surface area contributed by atoms with Crippen LogP contribution in [0.4, 0.5) is 15.2 Å². The summed E-state index contributed by atoms with van der Waals surface area (Å²) in [7, 11) is 0. The Balaban J connectivity index is 1.47. The smallest absolute Gasteiger partial charge is 0.230 e. The number of anilines is 2. The number of carbonyl (C=O) groups is 1. The van der Waals surface area contributed by atoms with Crippen molar-refractivity contribution in [3.05, 3.63) is 65.4 Å². The van der Waals surface area contributed by atoms with Crippen molar-refractivity contribution < 1.29 is 13.9 Å². The summed E-state index contributed by atoms with van der Waals surface area (Å²) in [5.41, 5.74) is 1.70. The number of hydrogen-bond acceptors (Lipinski definition) is 8. The molecule has 0 atom stereocenters. The normalized spacial score (nSPS) is 10.9. The third kappa shape index (κ3) is 4.99. The summed E-state index contributed by atoms with van der Waals surface area (Å²) in [5.74, 6) is 7.15. The molecular weight excluding hydrogens is 463 g/mol. The molecule has 0 aliphatic carbocycles. The van der Waals surface area contributed by atoms with E-state index in [4.69, 9.17) is 10.6 Å². The fraction of sp³-hybridized carbons (Fsp3) is 0.182. The highest BCUT2D eigenvalue weighted by atomic mass is 32.2. The van der Waals surface area contributed by atoms with Crippen molar-refractivity contribution in [2.45, 2.75) is 24.8 Å². The third-order valence-corrected chi connectivity index (χ3v) is 6.43. The summed E-state index contributed by atoms with van der Waals surface area (Å²) in [4.78, 5) is 18.0. The highest BCUT2D eigenvalue weighted by molar-refractivity contribution is 7.98. The lowest BCUT2D eigenvalue weighted by Gasteiger charge is -2.18. The van der Waals surface area contributed by atoms with Gasteiger partial charge in [-0.2, -0.15) is 0 Å². The standard InChI is InChI=1S/C22H21FN6O2S2/c1-3-31-17-10-8-15(9-11-17)20-26-27-22(29(20)24)33-13-16-12-32-21(25-16)28(14(2)30)19-7-5-4-6-18(19)23/h4-12H,3,13,24H2,1-2H3. The van der Waals surface area contributed by atoms with Crippen molar-refractivity contribution in [3.63, 3.8) is 0 Å². The molecule has 33 heavy (non-hydrogen) atoms. The molecule has 170 valence electrons. The number of halogens is 1. The fourth-order valence-electron chi connectivity index (χ4n) is 3.08. The minimum Gasteiger partial charge on any atom is -0.494 e. The van der Waals surface area contributed by atoms with Gasteiger partial charge in [-0.3, -0.25) is 9.69 Å². The third-order valence-electron chi connectivity index (χ3n) is 4.58. The monoisotopic (exact) mass is 484 g/mol. The number of carbonyl (C=O) groups excluding carboxylic acids is 1. The molecule has 4 rings (SSSR count). The van der Waals surface area contributed by atoms with Crippen LogP contribution in [0, 0.1) is 5.82 Å². The molecule has 0 spiro atoms. The van der Waals surface area contributed by atoms with E-state index in [0.29, 0.717) is 34.2 Å². The Hall–Kier alpha value is -3.44. The second-order valence-electron chi connectivity index (χ2n) is 6.85. The molecule has 0 aliphatic heterocycles. The number of benzene rings is 2. The molecule has 11 heteroatoms. The number of para-hydroxylation sites is 1. The van der Waals surface area contributed by atoms with Gasteiger partial charge >= 0.3 is 0 Å². The largest absolute Gasteiger partial charge is 0.494 e. The maximum atomic E-state index is 14.2. The fourth-order valence-corrected chi connectivity index (χ4v) is 4.82. The van der Waals surface area contributed by atoms with Crippen molar-refractivity contribution in [1.29, 1.82) is 0 Å². The van der Waals surface area contributed by atoms with Crippen LogP contribution in [0.25, 0.3) is 11.4 Å². The van der Waals surface area contributed by atoms with Gasteiger partial charge in [0, 0.05) is 23.6 Å². The highest BCUT2D eigenvalue weighted by Gasteiger charge is 2.21. The van der Waals surface area contributed by atoms with E-state index in [9.17, 15) is 9.18 Å². The molecule has 2 aromatic carbocycles. The average Bonchev–Trinajstić information content (AvgIpc) is 3.41. The van der Waals surface area contributed by atoms with Crippen molar-refractivity contribution in [2.75, 3.05) is 17.3 Å². The number of rotatable bonds is 8. The van der Waals surface area contributed by atoms with Crippen molar-refractivity contribution in [1.82, 2.24) is 19.9 Å². The first-order valence-electron chi connectivity index (χ1n) is 10.0. The number of hydrogen-bond donors (Lipinski definition) is 1. The lowest BCUT2D eigenvalue weighted by Crippen LogP contribution is -2.23. The van der Waals surface area contributed by atoms with Crippen LogP contribution >= 0.6 is 23.1 Å². The summed E-state index contributed by atoms with van der Waals surface area (Å²) in [5, 5.41) is 11.1. The van der Waals surface area contributed by atoms with Gasteiger partial charge in [0.15, 0.2) is 11.0 Å². The van der Waals surface area contributed by atoms with E-state index in [-0.39, 0.29) is 11.6 Å². The molecule has 0 bridgehead atoms. The molecule has 0 saturated heterocycles. The lowest BCUT2D eigenvalue weighted by molar-refractivity contribution is -0.115. The van der Waals surface area contributed by atoms with Crippen LogP contribution in [0.1, 0.15) is 19.5 Å². The van der Waals surface area contributed by atoms with Gasteiger partial charge in [-0.15, -0.1) is 21.5 Å². The zero-order valence-electron chi connectivity index (χ0n) is 17.9. The summed E-state index contributed by atoms with van der Waals surface area (Å²) >= 11 is 2.63. The molecule has 0 aliphatic rings. The van der Waals surface area contributed by atoms with Crippen LogP contribution in [0.2, 0.25) is 0 Å². The number of thioether (sulfide) groups is 1. The van der Waals surface area contributed by atoms with E-state index in [0.717, 1.165) is 11.3 Å². The molecule has 0 radical (unpaired) electrons. The number of thiazole rings is 1. The van der Waals surface area contributed by atoms with E-state index >= 15 is 0 Å². The average molecular weight is 485 g/mol. The Bertz CT molecular complexity index is 1260. The van der Waals surface area contributed by atoms with Crippen LogP contribution in [0.15, 0.2) is 59.1 Å². The Morgan fingerprint density at radius 3 is 2.67 bits per heavy atom. The van der Waals surface area contributed by atoms with Crippen LogP contribution in [0.3, 0.4) is 0 Å². The first-order valence-corrected chi connectivity index (χ1v) is 11.9. The molecule has 2 heterocycles. The van der Waals surface area contributed by atoms with E-state index in [1.807, 2.05) is 36.6 Å². The van der Waals surface area contributed by atoms with E-state index in [1.54, 1.807) is 18.2 Å². The minimum absolute atomic E-state index is 0.167. The van der Waals surface area contributed by atoms with Crippen LogP contribution < -0.4 is 15.5 Å². The van der Waals surface area contributed by atoms with Gasteiger partial charge in [0.25, 0.3) is 0 Å². The Morgan fingerprint density at radius 2 is 1.97 bits per heavy atom. The van der Waals surface area contributed by atoms with E-state index in [2.05, 4.69) is 15.2 Å². The Morgan fingerprint density at radius 1 is 1.21 bits per heavy atom. The first kappa shape index (κ1) is 22.7. The quantitative estimate of drug-likeness (QED) is 0.287. The second-order valence-corrected chi connectivity index (χ2v) is 8.63. The molecule has 0 unspecified atom stereocenters. The van der Waals surface area contributed by atoms with Gasteiger partial charge in [0.05, 0.1) is 18.0 Å². The number of nitrogens with zero attached hydrogens (tertiary/aromatic N) is 5. The van der Waals surface area contributed by atoms with Crippen molar-refractivity contribution in [3.8, 4) is 17.1 Å². The highest BCUT2D eigenvalue weighted by Crippen LogP contribution is 2.32. The first-order chi connectivity index (χ1) is 16.0. The molecule has 8 nitrogen and oxygen atoms in total. The Labute approximate surface area is 198 Å². The van der Waals surface area contributed by atoms with Gasteiger partial charge in [0.2, 0.25) is 11.1 Å². The van der Waals surface area contributed by atoms with E-state index in [1.165, 1.54) is 45.7 Å². The molecule has 2 aromatic heterocycles. The summed E-state index contributed by atoms with van der Waals surface area (Å²) in [6.45, 7) is 3.90. The van der Waals surface area contributed by atoms with Crippen molar-refractivity contribution in [2.24, 2.45) is 0 Å². The molecule has 4 aromatic rings. The van der Waals surface area contributed by atoms with Crippen LogP contribution in [-0.2, 0) is 10.5 Å². The molecule has 0 fully saturated rings. The number of ether oxygens (including phenoxy) is 1. The predicted molar refractivity (Wildman–Crippen MR) is 128 cm³/mol. The maximum absolute atomic E-state index is 14.2. The van der Waals surface area contributed by atoms with Gasteiger partial charge in [-0.05, 0) is 43.3 Å². The molecular formula is C22H21FN6O2S2. The molecule has 1 amide bonds. The summed E-state index contributed by atoms with van der Waals surface area (Å²) in [6, 6.07) is 13.6. The maximum Gasteiger partial charge on any atom is 0.230 e. The number of nitrogens with two attached hydrogens (primary N) is 1. The number of nitrogen functional groups attached to an aromatic ring is 1. The Kier molecular flexibility index (Phi) is 6.90. The predicted octanol–water partition coefficient (Wildman–Crippen LogP) is 4.63. The zero-order chi connectivity index (χ0) is 23.4. The summed E-state index contributed by atoms with van der Waals surface area (Å²) in [6.07, 6.45) is 0.